The number of nitrogens with zero attached hydrogens (tertiary/aromatic N) is 3. The van der Waals surface area contributed by atoms with Crippen LogP contribution in [0.4, 0.5) is 10.6 Å². The van der Waals surface area contributed by atoms with Gasteiger partial charge in [0.1, 0.15) is 5.82 Å². The molecule has 2 N–H and O–H groups in total. The zero-order valence-corrected chi connectivity index (χ0v) is 17.7. The summed E-state index contributed by atoms with van der Waals surface area (Å²) in [6.45, 7) is 3.68. The van der Waals surface area contributed by atoms with Crippen LogP contribution < -0.4 is 10.2 Å². The molecule has 0 aliphatic carbocycles. The molecule has 1 amide bonds. The van der Waals surface area contributed by atoms with Gasteiger partial charge in [0, 0.05) is 47.0 Å². The number of benzene rings is 1. The van der Waals surface area contributed by atoms with Crippen LogP contribution in [0.1, 0.15) is 24.8 Å². The van der Waals surface area contributed by atoms with Crippen LogP contribution in [0.2, 0.25) is 5.02 Å². The second-order valence-electron chi connectivity index (χ2n) is 7.72. The van der Waals surface area contributed by atoms with Crippen LogP contribution in [-0.2, 0) is 6.42 Å². The molecule has 0 spiro atoms. The van der Waals surface area contributed by atoms with E-state index in [-0.39, 0.29) is 5.92 Å². The van der Waals surface area contributed by atoms with Crippen molar-refractivity contribution in [3.8, 4) is 0 Å². The molecule has 6 nitrogen and oxygen atoms in total. The number of hydrogen-bond donors (Lipinski definition) is 2. The first-order chi connectivity index (χ1) is 13.9. The van der Waals surface area contributed by atoms with Crippen molar-refractivity contribution >= 4 is 45.8 Å². The van der Waals surface area contributed by atoms with Gasteiger partial charge in [0.05, 0.1) is 10.5 Å². The summed E-state index contributed by atoms with van der Waals surface area (Å²) in [6, 6.07) is 9.79. The Bertz CT molecular complexity index is 1010. The van der Waals surface area contributed by atoms with Gasteiger partial charge in [-0.1, -0.05) is 11.6 Å². The molecule has 4 rings (SSSR count). The van der Waals surface area contributed by atoms with Gasteiger partial charge in [0.15, 0.2) is 0 Å². The molecule has 3 aromatic rings. The summed E-state index contributed by atoms with van der Waals surface area (Å²) in [5.41, 5.74) is 0.388. The summed E-state index contributed by atoms with van der Waals surface area (Å²) in [7, 11) is 0. The number of amides is 1. The standard InChI is InChI=1S/C21H23ClN4O2S/c1-21(25-20(27)28,13-19-23-8-11-29-19)15-6-9-26(10-7-15)18-5-2-14-12-16(22)3-4-17(14)24-18/h2-5,8,11-12,15,25H,6-7,9-10,13H2,1H3,(H,27,28). The van der Waals surface area contributed by atoms with E-state index in [0.29, 0.717) is 11.4 Å². The van der Waals surface area contributed by atoms with E-state index in [1.54, 1.807) is 17.5 Å². The van der Waals surface area contributed by atoms with Gasteiger partial charge in [-0.15, -0.1) is 11.3 Å². The van der Waals surface area contributed by atoms with Crippen LogP contribution in [0, 0.1) is 5.92 Å². The van der Waals surface area contributed by atoms with Crippen molar-refractivity contribution in [1.82, 2.24) is 15.3 Å². The number of carbonyl (C=O) groups is 1. The second-order valence-corrected chi connectivity index (χ2v) is 9.13. The highest BCUT2D eigenvalue weighted by atomic mass is 35.5. The number of hydrogen-bond acceptors (Lipinski definition) is 5. The van der Waals surface area contributed by atoms with Gasteiger partial charge in [-0.3, -0.25) is 0 Å². The van der Waals surface area contributed by atoms with E-state index in [4.69, 9.17) is 16.6 Å². The summed E-state index contributed by atoms with van der Waals surface area (Å²) in [4.78, 5) is 22.9. The number of pyridine rings is 1. The largest absolute Gasteiger partial charge is 0.465 e. The fourth-order valence-corrected chi connectivity index (χ4v) is 5.16. The molecule has 3 heterocycles. The van der Waals surface area contributed by atoms with Crippen molar-refractivity contribution in [3.63, 3.8) is 0 Å². The molecule has 0 radical (unpaired) electrons. The smallest absolute Gasteiger partial charge is 0.405 e. The molecule has 1 aromatic carbocycles. The summed E-state index contributed by atoms with van der Waals surface area (Å²) < 4.78 is 0. The minimum absolute atomic E-state index is 0.234. The molecule has 1 unspecified atom stereocenters. The maximum Gasteiger partial charge on any atom is 0.405 e. The van der Waals surface area contributed by atoms with Gasteiger partial charge in [-0.05, 0) is 56.0 Å². The van der Waals surface area contributed by atoms with Crippen molar-refractivity contribution < 1.29 is 9.90 Å². The minimum atomic E-state index is -0.985. The maximum absolute atomic E-state index is 11.5. The minimum Gasteiger partial charge on any atom is -0.465 e. The quantitative estimate of drug-likeness (QED) is 0.606. The molecule has 2 aromatic heterocycles. The summed E-state index contributed by atoms with van der Waals surface area (Å²) in [5.74, 6) is 1.18. The Morgan fingerprint density at radius 3 is 2.83 bits per heavy atom. The van der Waals surface area contributed by atoms with Gasteiger partial charge in [-0.25, -0.2) is 14.8 Å². The number of anilines is 1. The summed E-state index contributed by atoms with van der Waals surface area (Å²) >= 11 is 7.63. The van der Waals surface area contributed by atoms with Crippen molar-refractivity contribution in [2.24, 2.45) is 5.92 Å². The van der Waals surface area contributed by atoms with Crippen LogP contribution in [0.15, 0.2) is 41.9 Å². The predicted molar refractivity (Wildman–Crippen MR) is 117 cm³/mol. The maximum atomic E-state index is 11.5. The van der Waals surface area contributed by atoms with Gasteiger partial charge >= 0.3 is 6.09 Å². The lowest BCUT2D eigenvalue weighted by molar-refractivity contribution is 0.150. The highest BCUT2D eigenvalue weighted by molar-refractivity contribution is 7.09. The fraction of sp³-hybridized carbons (Fsp3) is 0.381. The molecule has 8 heteroatoms. The van der Waals surface area contributed by atoms with Crippen molar-refractivity contribution in [1.29, 1.82) is 0 Å². The van der Waals surface area contributed by atoms with Crippen LogP contribution in [-0.4, -0.2) is 39.8 Å². The number of thiazole rings is 1. The molecule has 0 saturated carbocycles. The summed E-state index contributed by atoms with van der Waals surface area (Å²) in [6.07, 6.45) is 3.17. The molecular weight excluding hydrogens is 408 g/mol. The van der Waals surface area contributed by atoms with Gasteiger partial charge in [0.2, 0.25) is 0 Å². The zero-order valence-electron chi connectivity index (χ0n) is 16.1. The van der Waals surface area contributed by atoms with Crippen LogP contribution in [0.3, 0.4) is 0 Å². The lowest BCUT2D eigenvalue weighted by Crippen LogP contribution is -2.55. The lowest BCUT2D eigenvalue weighted by atomic mass is 9.77. The third-order valence-corrected chi connectivity index (χ3v) is 6.77. The first-order valence-corrected chi connectivity index (χ1v) is 10.9. The number of piperidine rings is 1. The predicted octanol–water partition coefficient (Wildman–Crippen LogP) is 4.83. The molecule has 0 bridgehead atoms. The van der Waals surface area contributed by atoms with Crippen molar-refractivity contribution in [2.75, 3.05) is 18.0 Å². The molecule has 1 aliphatic rings. The fourth-order valence-electron chi connectivity index (χ4n) is 4.20. The average molecular weight is 431 g/mol. The van der Waals surface area contributed by atoms with Crippen molar-refractivity contribution in [3.05, 3.63) is 51.9 Å². The molecule has 29 heavy (non-hydrogen) atoms. The molecular formula is C21H23ClN4O2S. The number of halogens is 1. The lowest BCUT2D eigenvalue weighted by Gasteiger charge is -2.42. The number of carboxylic acid groups (broad SMARTS) is 1. The Balaban J connectivity index is 1.48. The Morgan fingerprint density at radius 1 is 1.34 bits per heavy atom. The van der Waals surface area contributed by atoms with E-state index >= 15 is 0 Å². The first kappa shape index (κ1) is 19.9. The number of aromatic nitrogens is 2. The van der Waals surface area contributed by atoms with Gasteiger partial charge in [0.25, 0.3) is 0 Å². The van der Waals surface area contributed by atoms with E-state index in [0.717, 1.165) is 47.7 Å². The zero-order chi connectivity index (χ0) is 20.4. The highest BCUT2D eigenvalue weighted by Gasteiger charge is 2.38. The van der Waals surface area contributed by atoms with Gasteiger partial charge in [-0.2, -0.15) is 0 Å². The normalized spacial score (nSPS) is 17.2. The van der Waals surface area contributed by atoms with Crippen LogP contribution >= 0.6 is 22.9 Å². The number of rotatable bonds is 5. The second kappa shape index (κ2) is 8.16. The first-order valence-electron chi connectivity index (χ1n) is 9.64. The monoisotopic (exact) mass is 430 g/mol. The Kier molecular flexibility index (Phi) is 5.61. The van der Waals surface area contributed by atoms with E-state index in [9.17, 15) is 9.90 Å². The highest BCUT2D eigenvalue weighted by Crippen LogP contribution is 2.33. The molecule has 1 atom stereocenters. The van der Waals surface area contributed by atoms with Crippen molar-refractivity contribution in [2.45, 2.75) is 31.7 Å². The Morgan fingerprint density at radius 2 is 2.14 bits per heavy atom. The topological polar surface area (TPSA) is 78.3 Å². The molecule has 1 fully saturated rings. The Hall–Kier alpha value is -2.38. The third-order valence-electron chi connectivity index (χ3n) is 5.75. The van der Waals surface area contributed by atoms with E-state index in [1.807, 2.05) is 42.6 Å². The van der Waals surface area contributed by atoms with Gasteiger partial charge < -0.3 is 15.3 Å². The number of fused-ring (bicyclic) bond motifs is 1. The molecule has 1 aliphatic heterocycles. The average Bonchev–Trinajstić information content (AvgIpc) is 3.19. The SMILES string of the molecule is CC(Cc1nccs1)(NC(=O)O)C1CCN(c2ccc3cc(Cl)ccc3n2)CC1. The van der Waals surface area contributed by atoms with E-state index in [2.05, 4.69) is 15.2 Å². The van der Waals surface area contributed by atoms with Crippen LogP contribution in [0.25, 0.3) is 10.9 Å². The number of nitrogens with one attached hydrogen (secondary N) is 1. The molecule has 152 valence electrons. The van der Waals surface area contributed by atoms with E-state index < -0.39 is 11.6 Å². The van der Waals surface area contributed by atoms with Crippen LogP contribution in [0.5, 0.6) is 0 Å². The Labute approximate surface area is 178 Å². The van der Waals surface area contributed by atoms with E-state index in [1.165, 1.54) is 0 Å². The summed E-state index contributed by atoms with van der Waals surface area (Å²) in [5, 5.41) is 16.8. The third kappa shape index (κ3) is 4.46. The molecule has 1 saturated heterocycles.